The highest BCUT2D eigenvalue weighted by Crippen LogP contribution is 2.13. The lowest BCUT2D eigenvalue weighted by Gasteiger charge is -2.01. The zero-order valence-corrected chi connectivity index (χ0v) is 12.7. The van der Waals surface area contributed by atoms with Crippen molar-refractivity contribution < 1.29 is 4.79 Å². The van der Waals surface area contributed by atoms with E-state index in [1.54, 1.807) is 42.2 Å². The fourth-order valence-electron chi connectivity index (χ4n) is 2.01. The van der Waals surface area contributed by atoms with Crippen LogP contribution < -0.4 is 5.32 Å². The van der Waals surface area contributed by atoms with Crippen LogP contribution in [0.2, 0.25) is 0 Å². The van der Waals surface area contributed by atoms with Crippen LogP contribution in [-0.4, -0.2) is 25.7 Å². The molecule has 0 aliphatic heterocycles. The first-order valence-corrected chi connectivity index (χ1v) is 7.83. The van der Waals surface area contributed by atoms with E-state index in [0.717, 1.165) is 12.8 Å². The summed E-state index contributed by atoms with van der Waals surface area (Å²) < 4.78 is 1.53. The van der Waals surface area contributed by atoms with E-state index in [4.69, 9.17) is 0 Å². The predicted molar refractivity (Wildman–Crippen MR) is 85.0 cm³/mol. The third-order valence-electron chi connectivity index (χ3n) is 3.03. The number of carbonyl (C=O) groups excluding carboxylic acids is 1. The summed E-state index contributed by atoms with van der Waals surface area (Å²) in [5.74, 6) is 0.464. The van der Waals surface area contributed by atoms with Crippen molar-refractivity contribution in [3.8, 4) is 5.95 Å². The summed E-state index contributed by atoms with van der Waals surface area (Å²) in [5.41, 5.74) is 0.647. The van der Waals surface area contributed by atoms with Crippen molar-refractivity contribution in [2.24, 2.45) is 0 Å². The predicted octanol–water partition coefficient (Wildman–Crippen LogP) is 2.69. The Morgan fingerprint density at radius 2 is 2.14 bits per heavy atom. The van der Waals surface area contributed by atoms with Crippen LogP contribution in [0.4, 0.5) is 5.69 Å². The second-order valence-corrected chi connectivity index (χ2v) is 5.74. The molecular formula is C15H15N5OS. The molecule has 0 radical (unpaired) electrons. The monoisotopic (exact) mass is 313 g/mol. The van der Waals surface area contributed by atoms with Crippen molar-refractivity contribution in [2.45, 2.75) is 19.3 Å². The summed E-state index contributed by atoms with van der Waals surface area (Å²) in [6.45, 7) is 0. The zero-order chi connectivity index (χ0) is 15.2. The molecule has 6 nitrogen and oxygen atoms in total. The van der Waals surface area contributed by atoms with Gasteiger partial charge in [0.2, 0.25) is 11.9 Å². The molecule has 0 unspecified atom stereocenters. The number of amides is 1. The van der Waals surface area contributed by atoms with Gasteiger partial charge in [0.25, 0.3) is 0 Å². The third-order valence-corrected chi connectivity index (χ3v) is 3.97. The molecule has 0 bridgehead atoms. The largest absolute Gasteiger partial charge is 0.323 e. The number of hydrogen-bond acceptors (Lipinski definition) is 5. The Bertz CT molecular complexity index is 723. The summed E-state index contributed by atoms with van der Waals surface area (Å²) in [5, 5.41) is 9.03. The summed E-state index contributed by atoms with van der Waals surface area (Å²) in [7, 11) is 0. The van der Waals surface area contributed by atoms with Gasteiger partial charge >= 0.3 is 0 Å². The second kappa shape index (κ2) is 6.95. The number of nitrogens with zero attached hydrogens (tertiary/aromatic N) is 4. The number of thiophene rings is 1. The van der Waals surface area contributed by atoms with E-state index >= 15 is 0 Å². The van der Waals surface area contributed by atoms with Crippen molar-refractivity contribution in [2.75, 3.05) is 5.32 Å². The van der Waals surface area contributed by atoms with Gasteiger partial charge in [-0.15, -0.1) is 11.3 Å². The minimum atomic E-state index is -0.00918. The molecule has 112 valence electrons. The lowest BCUT2D eigenvalue weighted by atomic mass is 10.2. The summed E-state index contributed by atoms with van der Waals surface area (Å²) in [4.78, 5) is 21.4. The lowest BCUT2D eigenvalue weighted by Crippen LogP contribution is -2.11. The quantitative estimate of drug-likeness (QED) is 0.759. The zero-order valence-electron chi connectivity index (χ0n) is 11.8. The van der Waals surface area contributed by atoms with Crippen LogP contribution in [-0.2, 0) is 11.2 Å². The van der Waals surface area contributed by atoms with Gasteiger partial charge in [0, 0.05) is 23.7 Å². The van der Waals surface area contributed by atoms with Crippen LogP contribution in [0.5, 0.6) is 0 Å². The molecule has 0 fully saturated rings. The molecule has 22 heavy (non-hydrogen) atoms. The minimum Gasteiger partial charge on any atom is -0.323 e. The van der Waals surface area contributed by atoms with Crippen LogP contribution in [0.25, 0.3) is 5.95 Å². The van der Waals surface area contributed by atoms with E-state index in [1.165, 1.54) is 9.56 Å². The maximum Gasteiger partial charge on any atom is 0.250 e. The maximum atomic E-state index is 11.9. The topological polar surface area (TPSA) is 72.7 Å². The number of hydrogen-bond donors (Lipinski definition) is 1. The smallest absolute Gasteiger partial charge is 0.250 e. The molecule has 3 aromatic rings. The van der Waals surface area contributed by atoms with Gasteiger partial charge in [-0.1, -0.05) is 6.07 Å². The first-order valence-electron chi connectivity index (χ1n) is 6.95. The molecule has 1 amide bonds. The molecule has 0 aliphatic rings. The Morgan fingerprint density at radius 3 is 2.91 bits per heavy atom. The second-order valence-electron chi connectivity index (χ2n) is 4.70. The third kappa shape index (κ3) is 3.76. The van der Waals surface area contributed by atoms with E-state index in [1.807, 2.05) is 6.07 Å². The van der Waals surface area contributed by atoms with Crippen LogP contribution in [0.3, 0.4) is 0 Å². The lowest BCUT2D eigenvalue weighted by molar-refractivity contribution is -0.116. The number of rotatable bonds is 6. The standard InChI is InChI=1S/C15H15N5OS/c21-14(6-1-4-13-5-2-9-22-13)19-12-10-18-20(11-12)15-16-7-3-8-17-15/h2-3,5,7-11H,1,4,6H2,(H,19,21). The van der Waals surface area contributed by atoms with Crippen molar-refractivity contribution in [1.29, 1.82) is 0 Å². The van der Waals surface area contributed by atoms with Gasteiger partial charge in [0.05, 0.1) is 18.1 Å². The Morgan fingerprint density at radius 1 is 1.27 bits per heavy atom. The van der Waals surface area contributed by atoms with E-state index in [9.17, 15) is 4.79 Å². The van der Waals surface area contributed by atoms with Crippen molar-refractivity contribution >= 4 is 22.9 Å². The van der Waals surface area contributed by atoms with E-state index in [0.29, 0.717) is 18.1 Å². The SMILES string of the molecule is O=C(CCCc1cccs1)Nc1cnn(-c2ncccn2)c1. The number of nitrogens with one attached hydrogen (secondary N) is 1. The van der Waals surface area contributed by atoms with Crippen molar-refractivity contribution in [3.63, 3.8) is 0 Å². The highest BCUT2D eigenvalue weighted by Gasteiger charge is 2.07. The van der Waals surface area contributed by atoms with Crippen molar-refractivity contribution in [3.05, 3.63) is 53.2 Å². The molecule has 0 saturated heterocycles. The normalized spacial score (nSPS) is 10.5. The molecular weight excluding hydrogens is 298 g/mol. The Balaban J connectivity index is 1.50. The molecule has 0 spiro atoms. The van der Waals surface area contributed by atoms with E-state index in [-0.39, 0.29) is 5.91 Å². The molecule has 0 atom stereocenters. The number of carbonyl (C=O) groups is 1. The molecule has 0 aliphatic carbocycles. The molecule has 7 heteroatoms. The van der Waals surface area contributed by atoms with Crippen LogP contribution >= 0.6 is 11.3 Å². The summed E-state index contributed by atoms with van der Waals surface area (Å²) >= 11 is 1.72. The first-order chi connectivity index (χ1) is 10.8. The number of aromatic nitrogens is 4. The van der Waals surface area contributed by atoms with Gasteiger partial charge in [-0.25, -0.2) is 14.6 Å². The molecule has 3 rings (SSSR count). The van der Waals surface area contributed by atoms with Crippen LogP contribution in [0.1, 0.15) is 17.7 Å². The van der Waals surface area contributed by atoms with E-state index < -0.39 is 0 Å². The molecule has 3 heterocycles. The van der Waals surface area contributed by atoms with Gasteiger partial charge < -0.3 is 5.32 Å². The molecule has 0 aromatic carbocycles. The average Bonchev–Trinajstić information content (AvgIpc) is 3.20. The van der Waals surface area contributed by atoms with Crippen molar-refractivity contribution in [1.82, 2.24) is 19.7 Å². The van der Waals surface area contributed by atoms with E-state index in [2.05, 4.69) is 31.8 Å². The number of aryl methyl sites for hydroxylation is 1. The molecule has 1 N–H and O–H groups in total. The summed E-state index contributed by atoms with van der Waals surface area (Å²) in [6.07, 6.45) is 8.84. The highest BCUT2D eigenvalue weighted by molar-refractivity contribution is 7.09. The van der Waals surface area contributed by atoms with Gasteiger partial charge in [-0.2, -0.15) is 5.10 Å². The fourth-order valence-corrected chi connectivity index (χ4v) is 2.76. The fraction of sp³-hybridized carbons (Fsp3) is 0.200. The van der Waals surface area contributed by atoms with Gasteiger partial charge in [0.1, 0.15) is 0 Å². The average molecular weight is 313 g/mol. The molecule has 0 saturated carbocycles. The molecule has 3 aromatic heterocycles. The number of anilines is 1. The van der Waals surface area contributed by atoms with Gasteiger partial charge in [-0.05, 0) is 30.4 Å². The highest BCUT2D eigenvalue weighted by atomic mass is 32.1. The van der Waals surface area contributed by atoms with Gasteiger partial charge in [-0.3, -0.25) is 4.79 Å². The Kier molecular flexibility index (Phi) is 4.55. The summed E-state index contributed by atoms with van der Waals surface area (Å²) in [6, 6.07) is 5.86. The minimum absolute atomic E-state index is 0.00918. The van der Waals surface area contributed by atoms with Gasteiger partial charge in [0.15, 0.2) is 0 Å². The Labute approximate surface area is 131 Å². The first kappa shape index (κ1) is 14.4. The van der Waals surface area contributed by atoms with Crippen LogP contribution in [0.15, 0.2) is 48.4 Å². The maximum absolute atomic E-state index is 11.9. The van der Waals surface area contributed by atoms with Crippen LogP contribution in [0, 0.1) is 0 Å². The Hall–Kier alpha value is -2.54.